The molecule has 0 bridgehead atoms. The molecule has 0 N–H and O–H groups in total. The van der Waals surface area contributed by atoms with Gasteiger partial charge in [-0.15, -0.1) is 0 Å². The van der Waals surface area contributed by atoms with Gasteiger partial charge in [-0.05, 0) is 6.42 Å². The summed E-state index contributed by atoms with van der Waals surface area (Å²) in [6.07, 6.45) is 7.47. The van der Waals surface area contributed by atoms with Gasteiger partial charge in [0.1, 0.15) is 6.61 Å². The Morgan fingerprint density at radius 2 is 1.36 bits per heavy atom. The van der Waals surface area contributed by atoms with Crippen LogP contribution < -0.4 is 0 Å². The predicted octanol–water partition coefficient (Wildman–Crippen LogP) is 3.81. The molecule has 0 spiro atoms. The molecule has 0 saturated carbocycles. The SMILES string of the molecule is CCCCCCCCOCCOCCOC(=O)C(=O)c1ccccc1. The fourth-order valence-corrected chi connectivity index (χ4v) is 2.27. The molecule has 5 heteroatoms. The van der Waals surface area contributed by atoms with Crippen LogP contribution in [0.3, 0.4) is 0 Å². The van der Waals surface area contributed by atoms with Crippen LogP contribution >= 0.6 is 0 Å². The second-order valence-corrected chi connectivity index (χ2v) is 5.82. The molecule has 1 aromatic carbocycles. The van der Waals surface area contributed by atoms with E-state index >= 15 is 0 Å². The highest BCUT2D eigenvalue weighted by Gasteiger charge is 2.16. The summed E-state index contributed by atoms with van der Waals surface area (Å²) in [4.78, 5) is 23.4. The van der Waals surface area contributed by atoms with Crippen molar-refractivity contribution in [3.05, 3.63) is 35.9 Å². The van der Waals surface area contributed by atoms with Gasteiger partial charge >= 0.3 is 5.97 Å². The van der Waals surface area contributed by atoms with E-state index < -0.39 is 11.8 Å². The Hall–Kier alpha value is -1.72. The summed E-state index contributed by atoms with van der Waals surface area (Å²) in [5, 5.41) is 0. The number of unbranched alkanes of at least 4 members (excludes halogenated alkanes) is 5. The van der Waals surface area contributed by atoms with Gasteiger partial charge in [-0.2, -0.15) is 0 Å². The quantitative estimate of drug-likeness (QED) is 0.208. The predicted molar refractivity (Wildman–Crippen MR) is 96.7 cm³/mol. The third-order valence-electron chi connectivity index (χ3n) is 3.70. The molecule has 1 rings (SSSR count). The fourth-order valence-electron chi connectivity index (χ4n) is 2.27. The first-order valence-electron chi connectivity index (χ1n) is 9.17. The molecule has 5 nitrogen and oxygen atoms in total. The molecule has 0 saturated heterocycles. The summed E-state index contributed by atoms with van der Waals surface area (Å²) >= 11 is 0. The second-order valence-electron chi connectivity index (χ2n) is 5.82. The van der Waals surface area contributed by atoms with Crippen molar-refractivity contribution in [3.8, 4) is 0 Å². The third-order valence-corrected chi connectivity index (χ3v) is 3.70. The Labute approximate surface area is 150 Å². The molecule has 140 valence electrons. The summed E-state index contributed by atoms with van der Waals surface area (Å²) in [5.74, 6) is -1.49. The second kappa shape index (κ2) is 14.6. The van der Waals surface area contributed by atoms with E-state index in [4.69, 9.17) is 14.2 Å². The minimum Gasteiger partial charge on any atom is -0.457 e. The molecular formula is C20H30O5. The molecule has 0 aliphatic rings. The minimum absolute atomic E-state index is 0.0643. The smallest absolute Gasteiger partial charge is 0.379 e. The highest BCUT2D eigenvalue weighted by Crippen LogP contribution is 2.05. The molecule has 0 aromatic heterocycles. The maximum atomic E-state index is 11.8. The number of ether oxygens (including phenoxy) is 3. The van der Waals surface area contributed by atoms with Crippen LogP contribution in [0, 0.1) is 0 Å². The summed E-state index contributed by atoms with van der Waals surface area (Å²) < 4.78 is 15.7. The largest absolute Gasteiger partial charge is 0.457 e. The van der Waals surface area contributed by atoms with E-state index in [0.29, 0.717) is 18.8 Å². The van der Waals surface area contributed by atoms with Crippen molar-refractivity contribution in [2.75, 3.05) is 33.0 Å². The van der Waals surface area contributed by atoms with Crippen LogP contribution in [0.15, 0.2) is 30.3 Å². The van der Waals surface area contributed by atoms with Gasteiger partial charge in [0.05, 0.1) is 19.8 Å². The lowest BCUT2D eigenvalue weighted by atomic mass is 10.1. The topological polar surface area (TPSA) is 61.8 Å². The van der Waals surface area contributed by atoms with Crippen molar-refractivity contribution in [3.63, 3.8) is 0 Å². The number of benzene rings is 1. The monoisotopic (exact) mass is 350 g/mol. The van der Waals surface area contributed by atoms with E-state index in [9.17, 15) is 9.59 Å². The molecular weight excluding hydrogens is 320 g/mol. The van der Waals surface area contributed by atoms with Gasteiger partial charge in [-0.1, -0.05) is 69.4 Å². The van der Waals surface area contributed by atoms with Crippen LogP contribution in [0.25, 0.3) is 0 Å². The maximum Gasteiger partial charge on any atom is 0.379 e. The molecule has 0 fully saturated rings. The van der Waals surface area contributed by atoms with E-state index in [1.807, 2.05) is 0 Å². The summed E-state index contributed by atoms with van der Waals surface area (Å²) in [6.45, 7) is 4.29. The number of rotatable bonds is 15. The number of carbonyl (C=O) groups excluding carboxylic acids is 2. The first kappa shape index (κ1) is 21.3. The van der Waals surface area contributed by atoms with Crippen LogP contribution in [-0.2, 0) is 19.0 Å². The molecule has 0 unspecified atom stereocenters. The Kier molecular flexibility index (Phi) is 12.5. The number of hydrogen-bond acceptors (Lipinski definition) is 5. The van der Waals surface area contributed by atoms with Crippen LogP contribution in [0.4, 0.5) is 0 Å². The third kappa shape index (κ3) is 10.7. The Morgan fingerprint density at radius 3 is 2.08 bits per heavy atom. The van der Waals surface area contributed by atoms with Crippen molar-refractivity contribution < 1.29 is 23.8 Å². The van der Waals surface area contributed by atoms with Crippen LogP contribution in [-0.4, -0.2) is 44.8 Å². The van der Waals surface area contributed by atoms with E-state index in [2.05, 4.69) is 6.92 Å². The van der Waals surface area contributed by atoms with Gasteiger partial charge in [0.2, 0.25) is 0 Å². The fraction of sp³-hybridized carbons (Fsp3) is 0.600. The molecule has 0 amide bonds. The lowest BCUT2D eigenvalue weighted by Gasteiger charge is -2.07. The zero-order valence-electron chi connectivity index (χ0n) is 15.2. The van der Waals surface area contributed by atoms with E-state index in [-0.39, 0.29) is 13.2 Å². The van der Waals surface area contributed by atoms with E-state index in [1.54, 1.807) is 30.3 Å². The summed E-state index contributed by atoms with van der Waals surface area (Å²) in [6, 6.07) is 8.36. The average molecular weight is 350 g/mol. The standard InChI is InChI=1S/C20H30O5/c1-2-3-4-5-6-10-13-23-14-15-24-16-17-25-20(22)19(21)18-11-8-7-9-12-18/h7-9,11-12H,2-6,10,13-17H2,1H3. The Balaban J connectivity index is 1.90. The van der Waals surface area contributed by atoms with Gasteiger partial charge < -0.3 is 14.2 Å². The van der Waals surface area contributed by atoms with Gasteiger partial charge in [-0.3, -0.25) is 4.79 Å². The van der Waals surface area contributed by atoms with Crippen LogP contribution in [0.2, 0.25) is 0 Å². The highest BCUT2D eigenvalue weighted by atomic mass is 16.6. The molecule has 0 atom stereocenters. The first-order valence-corrected chi connectivity index (χ1v) is 9.17. The van der Waals surface area contributed by atoms with Gasteiger partial charge in [0.15, 0.2) is 0 Å². The van der Waals surface area contributed by atoms with Crippen LogP contribution in [0.5, 0.6) is 0 Å². The average Bonchev–Trinajstić information content (AvgIpc) is 2.65. The lowest BCUT2D eigenvalue weighted by molar-refractivity contribution is -0.139. The van der Waals surface area contributed by atoms with Gasteiger partial charge in [-0.25, -0.2) is 4.79 Å². The van der Waals surface area contributed by atoms with Gasteiger partial charge in [0.25, 0.3) is 5.78 Å². The lowest BCUT2D eigenvalue weighted by Crippen LogP contribution is -2.20. The Bertz CT molecular complexity index is 472. The summed E-state index contributed by atoms with van der Waals surface area (Å²) in [5.41, 5.74) is 0.330. The van der Waals surface area contributed by atoms with Crippen molar-refractivity contribution >= 4 is 11.8 Å². The zero-order chi connectivity index (χ0) is 18.2. The Morgan fingerprint density at radius 1 is 0.760 bits per heavy atom. The highest BCUT2D eigenvalue weighted by molar-refractivity contribution is 6.40. The van der Waals surface area contributed by atoms with E-state index in [0.717, 1.165) is 13.0 Å². The number of Topliss-reactive ketones (excluding diaryl/α,β-unsaturated/α-hetero) is 1. The maximum absolute atomic E-state index is 11.8. The zero-order valence-corrected chi connectivity index (χ0v) is 15.2. The minimum atomic E-state index is -0.853. The van der Waals surface area contributed by atoms with Crippen molar-refractivity contribution in [1.82, 2.24) is 0 Å². The number of esters is 1. The number of ketones is 1. The van der Waals surface area contributed by atoms with E-state index in [1.165, 1.54) is 32.1 Å². The van der Waals surface area contributed by atoms with Crippen LogP contribution in [0.1, 0.15) is 55.8 Å². The first-order chi connectivity index (χ1) is 12.3. The molecule has 1 aromatic rings. The molecule has 0 aliphatic carbocycles. The number of carbonyl (C=O) groups is 2. The van der Waals surface area contributed by atoms with Crippen molar-refractivity contribution in [1.29, 1.82) is 0 Å². The molecule has 0 radical (unpaired) electrons. The van der Waals surface area contributed by atoms with Gasteiger partial charge in [0, 0.05) is 12.2 Å². The molecule has 25 heavy (non-hydrogen) atoms. The molecule has 0 heterocycles. The normalized spacial score (nSPS) is 10.6. The summed E-state index contributed by atoms with van der Waals surface area (Å²) in [7, 11) is 0. The van der Waals surface area contributed by atoms with Crippen molar-refractivity contribution in [2.45, 2.75) is 45.4 Å². The van der Waals surface area contributed by atoms with Crippen molar-refractivity contribution in [2.24, 2.45) is 0 Å². The number of hydrogen-bond donors (Lipinski definition) is 0. The molecule has 0 aliphatic heterocycles.